The van der Waals surface area contributed by atoms with Gasteiger partial charge in [0, 0.05) is 6.04 Å². The summed E-state index contributed by atoms with van der Waals surface area (Å²) >= 11 is 0. The fourth-order valence-corrected chi connectivity index (χ4v) is 3.08. The number of rotatable bonds is 2. The molecule has 0 heterocycles. The van der Waals surface area contributed by atoms with E-state index in [0.717, 1.165) is 32.1 Å². The third-order valence-corrected chi connectivity index (χ3v) is 4.38. The lowest BCUT2D eigenvalue weighted by molar-refractivity contribution is -0.128. The van der Waals surface area contributed by atoms with Crippen LogP contribution in [-0.4, -0.2) is 17.5 Å². The predicted molar refractivity (Wildman–Crippen MR) is 72.2 cm³/mol. The van der Waals surface area contributed by atoms with Crippen molar-refractivity contribution in [3.63, 3.8) is 0 Å². The Labute approximate surface area is 110 Å². The molecule has 0 bridgehead atoms. The zero-order chi connectivity index (χ0) is 11.6. The molecule has 100 valence electrons. The van der Waals surface area contributed by atoms with Crippen LogP contribution >= 0.6 is 12.4 Å². The Bertz CT molecular complexity index is 264. The number of amides is 1. The number of halogens is 1. The van der Waals surface area contributed by atoms with Crippen molar-refractivity contribution in [2.45, 2.75) is 69.9 Å². The standard InChI is InChI=1S/C13H24N2O.ClH/c1-10-6-5-7-11(10)15-12(16)13(14)8-3-2-4-9-13;/h10-11H,2-9,14H2,1H3,(H,15,16);1H. The summed E-state index contributed by atoms with van der Waals surface area (Å²) in [7, 11) is 0. The molecular weight excluding hydrogens is 236 g/mol. The monoisotopic (exact) mass is 260 g/mol. The second-order valence-electron chi connectivity index (χ2n) is 5.70. The van der Waals surface area contributed by atoms with Gasteiger partial charge >= 0.3 is 0 Å². The van der Waals surface area contributed by atoms with Gasteiger partial charge in [0.25, 0.3) is 0 Å². The minimum Gasteiger partial charge on any atom is -0.352 e. The average molecular weight is 261 g/mol. The zero-order valence-electron chi connectivity index (χ0n) is 10.7. The molecule has 17 heavy (non-hydrogen) atoms. The van der Waals surface area contributed by atoms with E-state index in [4.69, 9.17) is 5.73 Å². The van der Waals surface area contributed by atoms with Crippen LogP contribution in [0.2, 0.25) is 0 Å². The van der Waals surface area contributed by atoms with Crippen LogP contribution in [0.3, 0.4) is 0 Å². The van der Waals surface area contributed by atoms with E-state index in [9.17, 15) is 4.79 Å². The maximum Gasteiger partial charge on any atom is 0.240 e. The first-order valence-corrected chi connectivity index (χ1v) is 6.72. The van der Waals surface area contributed by atoms with Crippen LogP contribution in [0.5, 0.6) is 0 Å². The van der Waals surface area contributed by atoms with Gasteiger partial charge in [0.05, 0.1) is 5.54 Å². The molecule has 2 fully saturated rings. The van der Waals surface area contributed by atoms with Crippen LogP contribution in [-0.2, 0) is 4.79 Å². The summed E-state index contributed by atoms with van der Waals surface area (Å²) in [6.45, 7) is 2.22. The lowest BCUT2D eigenvalue weighted by Gasteiger charge is -2.33. The van der Waals surface area contributed by atoms with Crippen LogP contribution in [0.15, 0.2) is 0 Å². The van der Waals surface area contributed by atoms with E-state index in [-0.39, 0.29) is 18.3 Å². The molecule has 1 amide bonds. The van der Waals surface area contributed by atoms with Gasteiger partial charge in [-0.2, -0.15) is 0 Å². The Morgan fingerprint density at radius 1 is 1.18 bits per heavy atom. The normalized spacial score (nSPS) is 31.6. The van der Waals surface area contributed by atoms with Crippen LogP contribution in [0.4, 0.5) is 0 Å². The molecule has 2 saturated carbocycles. The van der Waals surface area contributed by atoms with Crippen molar-refractivity contribution in [1.29, 1.82) is 0 Å². The van der Waals surface area contributed by atoms with E-state index >= 15 is 0 Å². The summed E-state index contributed by atoms with van der Waals surface area (Å²) in [6.07, 6.45) is 8.76. The van der Waals surface area contributed by atoms with Gasteiger partial charge in [-0.3, -0.25) is 4.79 Å². The van der Waals surface area contributed by atoms with Gasteiger partial charge in [0.1, 0.15) is 0 Å². The summed E-state index contributed by atoms with van der Waals surface area (Å²) in [5.74, 6) is 0.724. The number of carbonyl (C=O) groups excluding carboxylic acids is 1. The first kappa shape index (κ1) is 14.8. The van der Waals surface area contributed by atoms with Crippen molar-refractivity contribution in [1.82, 2.24) is 5.32 Å². The fraction of sp³-hybridized carbons (Fsp3) is 0.923. The topological polar surface area (TPSA) is 55.1 Å². The zero-order valence-corrected chi connectivity index (χ0v) is 11.5. The van der Waals surface area contributed by atoms with Gasteiger partial charge < -0.3 is 11.1 Å². The van der Waals surface area contributed by atoms with Crippen molar-refractivity contribution in [2.24, 2.45) is 11.7 Å². The van der Waals surface area contributed by atoms with Crippen LogP contribution in [0, 0.1) is 5.92 Å². The van der Waals surface area contributed by atoms with Gasteiger partial charge in [0.2, 0.25) is 5.91 Å². The minimum atomic E-state index is -0.569. The van der Waals surface area contributed by atoms with Crippen molar-refractivity contribution >= 4 is 18.3 Å². The number of nitrogens with one attached hydrogen (secondary N) is 1. The molecule has 2 atom stereocenters. The minimum absolute atomic E-state index is 0. The van der Waals surface area contributed by atoms with Crippen molar-refractivity contribution in [3.05, 3.63) is 0 Å². The molecule has 0 radical (unpaired) electrons. The molecule has 0 aromatic rings. The maximum absolute atomic E-state index is 12.2. The van der Waals surface area contributed by atoms with Gasteiger partial charge in [-0.15, -0.1) is 12.4 Å². The number of hydrogen-bond donors (Lipinski definition) is 2. The molecule has 0 aromatic heterocycles. The average Bonchev–Trinajstić information content (AvgIpc) is 2.65. The highest BCUT2D eigenvalue weighted by atomic mass is 35.5. The van der Waals surface area contributed by atoms with E-state index in [0.29, 0.717) is 12.0 Å². The SMILES string of the molecule is CC1CCCC1NC(=O)C1(N)CCCCC1.Cl. The Balaban J connectivity index is 0.00000144. The highest BCUT2D eigenvalue weighted by Crippen LogP contribution is 2.29. The predicted octanol–water partition coefficient (Wildman–Crippen LogP) is 2.37. The molecule has 2 aliphatic rings. The second kappa shape index (κ2) is 6.05. The lowest BCUT2D eigenvalue weighted by Crippen LogP contribution is -2.57. The summed E-state index contributed by atoms with van der Waals surface area (Å²) in [6, 6.07) is 0.370. The molecule has 0 spiro atoms. The highest BCUT2D eigenvalue weighted by Gasteiger charge is 2.37. The molecule has 4 heteroatoms. The van der Waals surface area contributed by atoms with Gasteiger partial charge in [-0.05, 0) is 31.6 Å². The molecule has 2 unspecified atom stereocenters. The third-order valence-electron chi connectivity index (χ3n) is 4.38. The van der Waals surface area contributed by atoms with Gasteiger partial charge in [-0.1, -0.05) is 32.6 Å². The van der Waals surface area contributed by atoms with E-state index in [1.54, 1.807) is 0 Å². The fourth-order valence-electron chi connectivity index (χ4n) is 3.08. The van der Waals surface area contributed by atoms with Gasteiger partial charge in [0.15, 0.2) is 0 Å². The van der Waals surface area contributed by atoms with E-state index in [1.807, 2.05) is 0 Å². The summed E-state index contributed by atoms with van der Waals surface area (Å²) in [5.41, 5.74) is 5.65. The Morgan fingerprint density at radius 2 is 1.82 bits per heavy atom. The maximum atomic E-state index is 12.2. The summed E-state index contributed by atoms with van der Waals surface area (Å²) in [4.78, 5) is 12.2. The van der Waals surface area contributed by atoms with Crippen molar-refractivity contribution in [3.8, 4) is 0 Å². The first-order chi connectivity index (χ1) is 7.62. The number of hydrogen-bond acceptors (Lipinski definition) is 2. The van der Waals surface area contributed by atoms with Crippen LogP contribution in [0.1, 0.15) is 58.3 Å². The molecule has 0 aliphatic heterocycles. The quantitative estimate of drug-likeness (QED) is 0.801. The molecule has 2 aliphatic carbocycles. The molecule has 3 N–H and O–H groups in total. The van der Waals surface area contributed by atoms with Crippen LogP contribution < -0.4 is 11.1 Å². The smallest absolute Gasteiger partial charge is 0.240 e. The number of carbonyl (C=O) groups is 1. The molecule has 3 nitrogen and oxygen atoms in total. The Kier molecular flexibility index (Phi) is 5.26. The van der Waals surface area contributed by atoms with E-state index in [1.165, 1.54) is 19.3 Å². The Morgan fingerprint density at radius 3 is 2.35 bits per heavy atom. The lowest BCUT2D eigenvalue weighted by atomic mass is 9.81. The molecule has 2 rings (SSSR count). The highest BCUT2D eigenvalue weighted by molar-refractivity contribution is 5.86. The summed E-state index contributed by atoms with van der Waals surface area (Å²) < 4.78 is 0. The molecular formula is C13H25ClN2O. The summed E-state index contributed by atoms with van der Waals surface area (Å²) in [5, 5.41) is 3.17. The largest absolute Gasteiger partial charge is 0.352 e. The number of nitrogens with two attached hydrogens (primary N) is 1. The second-order valence-corrected chi connectivity index (χ2v) is 5.70. The third kappa shape index (κ3) is 3.35. The van der Waals surface area contributed by atoms with Gasteiger partial charge in [-0.25, -0.2) is 0 Å². The first-order valence-electron chi connectivity index (χ1n) is 6.72. The van der Waals surface area contributed by atoms with E-state index < -0.39 is 5.54 Å². The van der Waals surface area contributed by atoms with Crippen LogP contribution in [0.25, 0.3) is 0 Å². The molecule has 0 saturated heterocycles. The Hall–Kier alpha value is -0.280. The van der Waals surface area contributed by atoms with E-state index in [2.05, 4.69) is 12.2 Å². The van der Waals surface area contributed by atoms with Crippen molar-refractivity contribution < 1.29 is 4.79 Å². The molecule has 0 aromatic carbocycles. The van der Waals surface area contributed by atoms with Crippen molar-refractivity contribution in [2.75, 3.05) is 0 Å².